The van der Waals surface area contributed by atoms with Gasteiger partial charge in [-0.05, 0) is 24.6 Å². The highest BCUT2D eigenvalue weighted by Gasteiger charge is 2.11. The van der Waals surface area contributed by atoms with Gasteiger partial charge in [-0.25, -0.2) is 9.97 Å². The van der Waals surface area contributed by atoms with Crippen molar-refractivity contribution in [2.24, 2.45) is 7.05 Å². The lowest BCUT2D eigenvalue weighted by molar-refractivity contribution is 0.766. The molecular formula is C11H9ClN4S2. The van der Waals surface area contributed by atoms with Gasteiger partial charge in [-0.15, -0.1) is 11.3 Å². The predicted molar refractivity (Wildman–Crippen MR) is 74.5 cm³/mol. The lowest BCUT2D eigenvalue weighted by atomic mass is 10.4. The van der Waals surface area contributed by atoms with E-state index in [0.29, 0.717) is 0 Å². The molecule has 0 aliphatic carbocycles. The first kappa shape index (κ1) is 12.0. The summed E-state index contributed by atoms with van der Waals surface area (Å²) in [7, 11) is 1.89. The summed E-state index contributed by atoms with van der Waals surface area (Å²) in [4.78, 5) is 11.7. The normalized spacial score (nSPS) is 11.3. The number of halogens is 1. The molecule has 3 rings (SSSR count). The van der Waals surface area contributed by atoms with E-state index in [1.54, 1.807) is 27.8 Å². The van der Waals surface area contributed by atoms with Crippen molar-refractivity contribution >= 4 is 44.9 Å². The molecule has 0 saturated carbocycles. The Morgan fingerprint density at radius 3 is 2.94 bits per heavy atom. The Kier molecular flexibility index (Phi) is 3.01. The number of aryl methyl sites for hydroxylation is 2. The van der Waals surface area contributed by atoms with Crippen molar-refractivity contribution in [3.63, 3.8) is 0 Å². The second-order valence-corrected chi connectivity index (χ2v) is 6.46. The number of nitrogens with zero attached hydrogens (tertiary/aromatic N) is 4. The molecular weight excluding hydrogens is 288 g/mol. The Labute approximate surface area is 117 Å². The summed E-state index contributed by atoms with van der Waals surface area (Å²) in [6.45, 7) is 2.05. The van der Waals surface area contributed by atoms with Gasteiger partial charge in [0.05, 0.1) is 11.1 Å². The molecule has 3 heterocycles. The van der Waals surface area contributed by atoms with Gasteiger partial charge in [0.25, 0.3) is 0 Å². The van der Waals surface area contributed by atoms with Gasteiger partial charge in [-0.3, -0.25) is 4.68 Å². The van der Waals surface area contributed by atoms with Crippen LogP contribution < -0.4 is 0 Å². The van der Waals surface area contributed by atoms with Crippen LogP contribution in [0.2, 0.25) is 5.28 Å². The summed E-state index contributed by atoms with van der Waals surface area (Å²) in [6.07, 6.45) is 3.76. The lowest BCUT2D eigenvalue weighted by Crippen LogP contribution is -1.86. The lowest BCUT2D eigenvalue weighted by Gasteiger charge is -2.00. The number of aromatic nitrogens is 4. The monoisotopic (exact) mass is 296 g/mol. The first-order valence-corrected chi connectivity index (χ1v) is 7.23. The number of thiophene rings is 1. The molecule has 0 radical (unpaired) electrons. The topological polar surface area (TPSA) is 43.6 Å². The Morgan fingerprint density at radius 2 is 2.22 bits per heavy atom. The fraction of sp³-hybridized carbons (Fsp3) is 0.182. The second-order valence-electron chi connectivity index (χ2n) is 3.83. The number of rotatable bonds is 2. The number of hydrogen-bond acceptors (Lipinski definition) is 5. The first-order chi connectivity index (χ1) is 8.61. The minimum absolute atomic E-state index is 0.288. The molecule has 3 aromatic heterocycles. The molecule has 0 atom stereocenters. The molecule has 0 N–H and O–H groups in total. The van der Waals surface area contributed by atoms with Crippen LogP contribution in [0.1, 0.15) is 4.88 Å². The molecule has 0 aromatic carbocycles. The van der Waals surface area contributed by atoms with Crippen molar-refractivity contribution in [1.82, 2.24) is 19.7 Å². The van der Waals surface area contributed by atoms with Gasteiger partial charge in [0, 0.05) is 23.5 Å². The molecule has 0 aliphatic rings. The highest BCUT2D eigenvalue weighted by atomic mass is 35.5. The van der Waals surface area contributed by atoms with Gasteiger partial charge in [0.15, 0.2) is 0 Å². The predicted octanol–water partition coefficient (Wildman–Crippen LogP) is 3.54. The van der Waals surface area contributed by atoms with Crippen molar-refractivity contribution in [3.05, 3.63) is 28.6 Å². The highest BCUT2D eigenvalue weighted by Crippen LogP contribution is 2.35. The summed E-state index contributed by atoms with van der Waals surface area (Å²) in [5.41, 5.74) is 0. The van der Waals surface area contributed by atoms with Crippen LogP contribution in [-0.2, 0) is 7.05 Å². The second kappa shape index (κ2) is 4.53. The van der Waals surface area contributed by atoms with Gasteiger partial charge < -0.3 is 0 Å². The van der Waals surface area contributed by atoms with Crippen LogP contribution in [0.5, 0.6) is 0 Å². The molecule has 0 amide bonds. The molecule has 0 aliphatic heterocycles. The minimum atomic E-state index is 0.288. The summed E-state index contributed by atoms with van der Waals surface area (Å²) in [5.74, 6) is 0. The minimum Gasteiger partial charge on any atom is -0.275 e. The Morgan fingerprint density at radius 1 is 1.39 bits per heavy atom. The molecule has 92 valence electrons. The van der Waals surface area contributed by atoms with Crippen LogP contribution in [0.15, 0.2) is 28.4 Å². The molecule has 0 unspecified atom stereocenters. The highest BCUT2D eigenvalue weighted by molar-refractivity contribution is 7.99. The quantitative estimate of drug-likeness (QED) is 0.536. The zero-order valence-electron chi connectivity index (χ0n) is 9.72. The summed E-state index contributed by atoms with van der Waals surface area (Å²) in [5, 5.41) is 6.36. The van der Waals surface area contributed by atoms with Crippen LogP contribution in [-0.4, -0.2) is 19.7 Å². The van der Waals surface area contributed by atoms with Crippen molar-refractivity contribution in [3.8, 4) is 0 Å². The van der Waals surface area contributed by atoms with Crippen molar-refractivity contribution in [2.45, 2.75) is 16.8 Å². The van der Waals surface area contributed by atoms with E-state index >= 15 is 0 Å². The molecule has 3 aromatic rings. The van der Waals surface area contributed by atoms with Crippen LogP contribution in [0.4, 0.5) is 0 Å². The maximum atomic E-state index is 5.95. The Hall–Kier alpha value is -1.11. The largest absolute Gasteiger partial charge is 0.275 e. The smallest absolute Gasteiger partial charge is 0.224 e. The summed E-state index contributed by atoms with van der Waals surface area (Å²) >= 11 is 9.13. The average molecular weight is 297 g/mol. The third-order valence-electron chi connectivity index (χ3n) is 2.35. The Bertz CT molecular complexity index is 719. The van der Waals surface area contributed by atoms with E-state index in [9.17, 15) is 0 Å². The molecule has 0 saturated heterocycles. The molecule has 0 spiro atoms. The standard InChI is InChI=1S/C11H9ClN4S2/c1-6-3-8-9(17-6)14-11(12)15-10(8)18-7-4-13-16(2)5-7/h3-5H,1-2H3. The van der Waals surface area contributed by atoms with Gasteiger partial charge in [-0.2, -0.15) is 5.10 Å². The average Bonchev–Trinajstić information content (AvgIpc) is 2.84. The van der Waals surface area contributed by atoms with Gasteiger partial charge in [0.1, 0.15) is 9.86 Å². The van der Waals surface area contributed by atoms with E-state index in [1.807, 2.05) is 19.4 Å². The van der Waals surface area contributed by atoms with Crippen molar-refractivity contribution in [1.29, 1.82) is 0 Å². The zero-order valence-corrected chi connectivity index (χ0v) is 12.1. The van der Waals surface area contributed by atoms with E-state index in [4.69, 9.17) is 11.6 Å². The van der Waals surface area contributed by atoms with Crippen molar-refractivity contribution < 1.29 is 0 Å². The van der Waals surface area contributed by atoms with Gasteiger partial charge >= 0.3 is 0 Å². The Balaban J connectivity index is 2.10. The summed E-state index contributed by atoms with van der Waals surface area (Å²) in [6, 6.07) is 2.09. The number of hydrogen-bond donors (Lipinski definition) is 0. The van der Waals surface area contributed by atoms with Crippen LogP contribution in [0.25, 0.3) is 10.2 Å². The fourth-order valence-corrected chi connectivity index (χ4v) is 3.77. The maximum Gasteiger partial charge on any atom is 0.224 e. The van der Waals surface area contributed by atoms with Crippen molar-refractivity contribution in [2.75, 3.05) is 0 Å². The zero-order chi connectivity index (χ0) is 12.7. The fourth-order valence-electron chi connectivity index (χ4n) is 1.63. The van der Waals surface area contributed by atoms with Crippen LogP contribution >= 0.6 is 34.7 Å². The van der Waals surface area contributed by atoms with E-state index in [2.05, 4.69) is 28.1 Å². The summed E-state index contributed by atoms with van der Waals surface area (Å²) < 4.78 is 1.77. The van der Waals surface area contributed by atoms with E-state index < -0.39 is 0 Å². The maximum absolute atomic E-state index is 5.95. The van der Waals surface area contributed by atoms with E-state index in [-0.39, 0.29) is 5.28 Å². The third kappa shape index (κ3) is 2.23. The van der Waals surface area contributed by atoms with Gasteiger partial charge in [-0.1, -0.05) is 11.8 Å². The molecule has 0 bridgehead atoms. The number of fused-ring (bicyclic) bond motifs is 1. The van der Waals surface area contributed by atoms with Crippen LogP contribution in [0.3, 0.4) is 0 Å². The van der Waals surface area contributed by atoms with Crippen LogP contribution in [0, 0.1) is 6.92 Å². The molecule has 0 fully saturated rings. The first-order valence-electron chi connectivity index (χ1n) is 5.22. The molecule has 4 nitrogen and oxygen atoms in total. The van der Waals surface area contributed by atoms with E-state index in [1.165, 1.54) is 4.88 Å². The molecule has 18 heavy (non-hydrogen) atoms. The van der Waals surface area contributed by atoms with Gasteiger partial charge in [0.2, 0.25) is 5.28 Å². The third-order valence-corrected chi connectivity index (χ3v) is 4.41. The molecule has 7 heteroatoms. The van der Waals surface area contributed by atoms with E-state index in [0.717, 1.165) is 20.1 Å². The SMILES string of the molecule is Cc1cc2c(Sc3cnn(C)c3)nc(Cl)nc2s1.